The number of hydrogen-bond acceptors (Lipinski definition) is 6. The van der Waals surface area contributed by atoms with E-state index in [2.05, 4.69) is 31.3 Å². The number of ether oxygens (including phenoxy) is 2. The molecule has 36 heavy (non-hydrogen) atoms. The van der Waals surface area contributed by atoms with Crippen LogP contribution in [0.2, 0.25) is 5.02 Å². The molecule has 0 aliphatic heterocycles. The molecule has 1 heterocycles. The Bertz CT molecular complexity index is 1530. The van der Waals surface area contributed by atoms with Crippen molar-refractivity contribution in [2.45, 2.75) is 13.8 Å². The van der Waals surface area contributed by atoms with Crippen LogP contribution in [-0.4, -0.2) is 35.5 Å². The van der Waals surface area contributed by atoms with Gasteiger partial charge < -0.3 is 14.8 Å². The lowest BCUT2D eigenvalue weighted by Gasteiger charge is -2.13. The number of hydrogen-bond donors (Lipinski definition) is 1. The predicted octanol–water partition coefficient (Wildman–Crippen LogP) is 5.34. The van der Waals surface area contributed by atoms with Crippen LogP contribution in [0.3, 0.4) is 0 Å². The molecule has 10 heteroatoms. The van der Waals surface area contributed by atoms with Crippen molar-refractivity contribution in [1.29, 1.82) is 0 Å². The molecule has 4 aromatic rings. The van der Waals surface area contributed by atoms with Gasteiger partial charge in [-0.05, 0) is 61.9 Å². The minimum absolute atomic E-state index is 0.223. The SMILES string of the molecule is COc1cc(C=Nn2c(C)nc3ccc(Br)cc3c2=O)cc(Cl)c1OCC(=O)Nc1ccc(C)cc1. The maximum atomic E-state index is 12.9. The molecule has 0 bridgehead atoms. The maximum Gasteiger partial charge on any atom is 0.282 e. The van der Waals surface area contributed by atoms with Gasteiger partial charge in [0.25, 0.3) is 11.5 Å². The van der Waals surface area contributed by atoms with Crippen LogP contribution < -0.4 is 20.3 Å². The lowest BCUT2D eigenvalue weighted by atomic mass is 10.2. The van der Waals surface area contributed by atoms with Crippen molar-refractivity contribution in [1.82, 2.24) is 9.66 Å². The van der Waals surface area contributed by atoms with Gasteiger partial charge in [-0.2, -0.15) is 9.78 Å². The number of aryl methyl sites for hydroxylation is 2. The molecule has 3 aromatic carbocycles. The van der Waals surface area contributed by atoms with E-state index in [1.165, 1.54) is 18.0 Å². The molecule has 184 valence electrons. The van der Waals surface area contributed by atoms with Crippen LogP contribution in [-0.2, 0) is 4.79 Å². The van der Waals surface area contributed by atoms with Crippen LogP contribution in [0.1, 0.15) is 17.0 Å². The summed E-state index contributed by atoms with van der Waals surface area (Å²) in [4.78, 5) is 29.7. The summed E-state index contributed by atoms with van der Waals surface area (Å²) >= 11 is 9.81. The zero-order valence-electron chi connectivity index (χ0n) is 19.7. The molecule has 1 N–H and O–H groups in total. The summed E-state index contributed by atoms with van der Waals surface area (Å²) in [5, 5.41) is 7.74. The van der Waals surface area contributed by atoms with Gasteiger partial charge in [-0.15, -0.1) is 0 Å². The van der Waals surface area contributed by atoms with E-state index in [1.807, 2.05) is 37.3 Å². The monoisotopic (exact) mass is 568 g/mol. The van der Waals surface area contributed by atoms with E-state index in [0.717, 1.165) is 10.0 Å². The number of amides is 1. The van der Waals surface area contributed by atoms with Crippen LogP contribution in [0, 0.1) is 13.8 Å². The van der Waals surface area contributed by atoms with Crippen LogP contribution in [0.15, 0.2) is 69.0 Å². The fraction of sp³-hybridized carbons (Fsp3) is 0.154. The molecule has 0 saturated carbocycles. The zero-order chi connectivity index (χ0) is 25.8. The Kier molecular flexibility index (Phi) is 7.71. The highest BCUT2D eigenvalue weighted by Gasteiger charge is 2.14. The normalized spacial score (nSPS) is 11.1. The molecule has 1 amide bonds. The van der Waals surface area contributed by atoms with Crippen LogP contribution in [0.4, 0.5) is 5.69 Å². The number of carbonyl (C=O) groups is 1. The van der Waals surface area contributed by atoms with E-state index in [9.17, 15) is 9.59 Å². The lowest BCUT2D eigenvalue weighted by molar-refractivity contribution is -0.118. The Morgan fingerprint density at radius 2 is 1.92 bits per heavy atom. The number of anilines is 1. The first-order valence-electron chi connectivity index (χ1n) is 10.9. The van der Waals surface area contributed by atoms with Gasteiger partial charge in [0.05, 0.1) is 29.2 Å². The standard InChI is InChI=1S/C26H22BrClN4O4/c1-15-4-7-19(8-5-15)31-24(33)14-36-25-21(28)10-17(11-23(25)35-3)13-29-32-16(2)30-22-9-6-18(27)12-20(22)26(32)34/h4-13H,14H2,1-3H3,(H,31,33). The zero-order valence-corrected chi connectivity index (χ0v) is 22.1. The average molecular weight is 570 g/mol. The van der Waals surface area contributed by atoms with Crippen LogP contribution in [0.25, 0.3) is 10.9 Å². The number of aromatic nitrogens is 2. The smallest absolute Gasteiger partial charge is 0.282 e. The minimum atomic E-state index is -0.340. The summed E-state index contributed by atoms with van der Waals surface area (Å²) in [6.45, 7) is 3.41. The number of carbonyl (C=O) groups excluding carboxylic acids is 1. The maximum absolute atomic E-state index is 12.9. The molecule has 8 nitrogen and oxygen atoms in total. The van der Waals surface area contributed by atoms with Crippen molar-refractivity contribution in [3.05, 3.63) is 91.4 Å². The minimum Gasteiger partial charge on any atom is -0.493 e. The van der Waals surface area contributed by atoms with Crippen molar-refractivity contribution in [2.75, 3.05) is 19.0 Å². The molecule has 0 fully saturated rings. The van der Waals surface area contributed by atoms with Crippen molar-refractivity contribution in [2.24, 2.45) is 5.10 Å². The number of benzene rings is 3. The molecule has 4 rings (SSSR count). The summed E-state index contributed by atoms with van der Waals surface area (Å²) in [5.74, 6) is 0.634. The molecule has 0 saturated heterocycles. The summed E-state index contributed by atoms with van der Waals surface area (Å²) in [6, 6.07) is 16.0. The molecular weight excluding hydrogens is 548 g/mol. The Morgan fingerprint density at radius 3 is 2.64 bits per heavy atom. The number of rotatable bonds is 7. The fourth-order valence-electron chi connectivity index (χ4n) is 3.45. The lowest BCUT2D eigenvalue weighted by Crippen LogP contribution is -2.21. The number of halogens is 2. The second kappa shape index (κ2) is 10.9. The van der Waals surface area contributed by atoms with E-state index < -0.39 is 0 Å². The first kappa shape index (κ1) is 25.4. The number of methoxy groups -OCH3 is 1. The summed E-state index contributed by atoms with van der Waals surface area (Å²) < 4.78 is 13.0. The van der Waals surface area contributed by atoms with Gasteiger partial charge in [-0.25, -0.2) is 4.98 Å². The second-order valence-corrected chi connectivity index (χ2v) is 9.24. The Labute approximate surface area is 220 Å². The van der Waals surface area contributed by atoms with Crippen LogP contribution >= 0.6 is 27.5 Å². The van der Waals surface area contributed by atoms with Gasteiger partial charge in [0.15, 0.2) is 18.1 Å². The molecule has 0 atom stereocenters. The van der Waals surface area contributed by atoms with E-state index in [1.54, 1.807) is 31.2 Å². The highest BCUT2D eigenvalue weighted by atomic mass is 79.9. The molecular formula is C26H22BrClN4O4. The average Bonchev–Trinajstić information content (AvgIpc) is 2.85. The first-order chi connectivity index (χ1) is 17.2. The van der Waals surface area contributed by atoms with Crippen molar-refractivity contribution < 1.29 is 14.3 Å². The number of fused-ring (bicyclic) bond motifs is 1. The quantitative estimate of drug-likeness (QED) is 0.303. The molecule has 0 unspecified atom stereocenters. The number of nitrogens with one attached hydrogen (secondary N) is 1. The predicted molar refractivity (Wildman–Crippen MR) is 145 cm³/mol. The third-order valence-electron chi connectivity index (χ3n) is 5.23. The van der Waals surface area contributed by atoms with Crippen LogP contribution in [0.5, 0.6) is 11.5 Å². The van der Waals surface area contributed by atoms with E-state index >= 15 is 0 Å². The number of nitrogens with zero attached hydrogens (tertiary/aromatic N) is 3. The summed E-state index contributed by atoms with van der Waals surface area (Å²) in [7, 11) is 1.46. The van der Waals surface area contributed by atoms with Gasteiger partial charge in [0.1, 0.15) is 5.82 Å². The highest BCUT2D eigenvalue weighted by Crippen LogP contribution is 2.36. The molecule has 0 spiro atoms. The van der Waals surface area contributed by atoms with E-state index in [-0.39, 0.29) is 28.8 Å². The Balaban J connectivity index is 1.54. The van der Waals surface area contributed by atoms with Crippen molar-refractivity contribution >= 4 is 56.2 Å². The summed E-state index contributed by atoms with van der Waals surface area (Å²) in [5.41, 5.74) is 2.61. The molecule has 0 aliphatic carbocycles. The van der Waals surface area contributed by atoms with Gasteiger partial charge in [0.2, 0.25) is 0 Å². The summed E-state index contributed by atoms with van der Waals surface area (Å²) in [6.07, 6.45) is 1.47. The third kappa shape index (κ3) is 5.75. The molecule has 0 radical (unpaired) electrons. The van der Waals surface area contributed by atoms with Gasteiger partial charge in [-0.1, -0.05) is 45.2 Å². The van der Waals surface area contributed by atoms with Gasteiger partial charge in [0, 0.05) is 10.2 Å². The fourth-order valence-corrected chi connectivity index (χ4v) is 4.08. The third-order valence-corrected chi connectivity index (χ3v) is 6.00. The second-order valence-electron chi connectivity index (χ2n) is 7.92. The molecule has 1 aromatic heterocycles. The van der Waals surface area contributed by atoms with E-state index in [0.29, 0.717) is 33.7 Å². The Morgan fingerprint density at radius 1 is 1.17 bits per heavy atom. The highest BCUT2D eigenvalue weighted by molar-refractivity contribution is 9.10. The van der Waals surface area contributed by atoms with Gasteiger partial charge in [-0.3, -0.25) is 9.59 Å². The van der Waals surface area contributed by atoms with Crippen molar-refractivity contribution in [3.8, 4) is 11.5 Å². The van der Waals surface area contributed by atoms with Gasteiger partial charge >= 0.3 is 0 Å². The largest absolute Gasteiger partial charge is 0.493 e. The Hall–Kier alpha value is -3.69. The van der Waals surface area contributed by atoms with E-state index in [4.69, 9.17) is 21.1 Å². The van der Waals surface area contributed by atoms with Crippen molar-refractivity contribution in [3.63, 3.8) is 0 Å². The first-order valence-corrected chi connectivity index (χ1v) is 12.0. The molecule has 0 aliphatic rings. The topological polar surface area (TPSA) is 94.8 Å².